The van der Waals surface area contributed by atoms with Crippen molar-refractivity contribution in [2.24, 2.45) is 5.92 Å². The molecule has 0 saturated carbocycles. The molecule has 2 saturated heterocycles. The van der Waals surface area contributed by atoms with Crippen LogP contribution in [0.5, 0.6) is 0 Å². The molecule has 2 rings (SSSR count). The van der Waals surface area contributed by atoms with E-state index in [1.165, 1.54) is 5.01 Å². The fourth-order valence-electron chi connectivity index (χ4n) is 2.27. The van der Waals surface area contributed by atoms with Gasteiger partial charge in [0.2, 0.25) is 11.8 Å². The Balaban J connectivity index is 2.23. The first-order chi connectivity index (χ1) is 8.54. The SMILES string of the molecule is O=C(O)OC1CCCN2C(=O)CC(CS)C(=O)N12. The van der Waals surface area contributed by atoms with Gasteiger partial charge >= 0.3 is 6.16 Å². The molecular weight excluding hydrogens is 260 g/mol. The zero-order valence-corrected chi connectivity index (χ0v) is 10.5. The fraction of sp³-hybridized carbons (Fsp3) is 0.700. The molecule has 2 unspecified atom stereocenters. The van der Waals surface area contributed by atoms with E-state index < -0.39 is 18.3 Å². The third kappa shape index (κ3) is 2.24. The van der Waals surface area contributed by atoms with E-state index in [4.69, 9.17) is 5.11 Å². The maximum Gasteiger partial charge on any atom is 0.507 e. The molecule has 2 atom stereocenters. The molecule has 0 spiro atoms. The first-order valence-corrected chi connectivity index (χ1v) is 6.31. The summed E-state index contributed by atoms with van der Waals surface area (Å²) in [5, 5.41) is 11.1. The van der Waals surface area contributed by atoms with Crippen LogP contribution < -0.4 is 0 Å². The van der Waals surface area contributed by atoms with Crippen LogP contribution in [0, 0.1) is 5.92 Å². The molecular formula is C10H14N2O5S. The number of carbonyl (C=O) groups is 3. The second-order valence-electron chi connectivity index (χ2n) is 4.26. The van der Waals surface area contributed by atoms with Crippen LogP contribution in [0.2, 0.25) is 0 Å². The van der Waals surface area contributed by atoms with E-state index in [-0.39, 0.29) is 24.0 Å². The number of hydrazine groups is 1. The smallest absolute Gasteiger partial charge is 0.450 e. The molecule has 2 amide bonds. The normalized spacial score (nSPS) is 28.1. The molecule has 0 aromatic rings. The van der Waals surface area contributed by atoms with Crippen LogP contribution in [-0.2, 0) is 14.3 Å². The van der Waals surface area contributed by atoms with Crippen molar-refractivity contribution < 1.29 is 24.2 Å². The number of rotatable bonds is 2. The van der Waals surface area contributed by atoms with Crippen LogP contribution in [0.1, 0.15) is 19.3 Å². The Bertz CT molecular complexity index is 388. The number of carboxylic acid groups (broad SMARTS) is 1. The standard InChI is InChI=1S/C10H14N2O5S/c13-7-4-6(5-18)9(14)12-8(17-10(15)16)2-1-3-11(7)12/h6,8,18H,1-5H2,(H,15,16). The largest absolute Gasteiger partial charge is 0.507 e. The molecule has 0 aromatic carbocycles. The van der Waals surface area contributed by atoms with Crippen molar-refractivity contribution in [1.82, 2.24) is 10.0 Å². The minimum absolute atomic E-state index is 0.124. The van der Waals surface area contributed by atoms with Crippen LogP contribution in [0.25, 0.3) is 0 Å². The number of carbonyl (C=O) groups excluding carboxylic acids is 2. The van der Waals surface area contributed by atoms with Gasteiger partial charge in [0.15, 0.2) is 6.23 Å². The van der Waals surface area contributed by atoms with Crippen molar-refractivity contribution >= 4 is 30.6 Å². The lowest BCUT2D eigenvalue weighted by Crippen LogP contribution is -2.63. The topological polar surface area (TPSA) is 87.1 Å². The van der Waals surface area contributed by atoms with Crippen LogP contribution in [-0.4, -0.2) is 51.6 Å². The quantitative estimate of drug-likeness (QED) is 0.559. The van der Waals surface area contributed by atoms with Gasteiger partial charge in [-0.3, -0.25) is 9.59 Å². The Kier molecular flexibility index (Phi) is 3.65. The minimum Gasteiger partial charge on any atom is -0.450 e. The predicted octanol–water partition coefficient (Wildman–Crippen LogP) is 0.323. The number of hydrogen-bond donors (Lipinski definition) is 2. The molecule has 8 heteroatoms. The minimum atomic E-state index is -1.45. The van der Waals surface area contributed by atoms with E-state index >= 15 is 0 Å². The highest BCUT2D eigenvalue weighted by atomic mass is 32.1. The molecule has 0 aliphatic carbocycles. The molecule has 2 aliphatic heterocycles. The Morgan fingerprint density at radius 2 is 2.22 bits per heavy atom. The average Bonchev–Trinajstić information content (AvgIpc) is 2.33. The van der Waals surface area contributed by atoms with Crippen molar-refractivity contribution in [3.63, 3.8) is 0 Å². The van der Waals surface area contributed by atoms with Gasteiger partial charge in [-0.25, -0.2) is 14.8 Å². The third-order valence-electron chi connectivity index (χ3n) is 3.10. The Hall–Kier alpha value is -1.44. The fourth-order valence-corrected chi connectivity index (χ4v) is 2.55. The zero-order valence-electron chi connectivity index (χ0n) is 9.61. The second kappa shape index (κ2) is 5.05. The summed E-state index contributed by atoms with van der Waals surface area (Å²) in [7, 11) is 0. The van der Waals surface area contributed by atoms with Gasteiger partial charge in [-0.1, -0.05) is 0 Å². The number of ether oxygens (including phenoxy) is 1. The number of nitrogens with zero attached hydrogens (tertiary/aromatic N) is 2. The third-order valence-corrected chi connectivity index (χ3v) is 3.54. The molecule has 7 nitrogen and oxygen atoms in total. The summed E-state index contributed by atoms with van der Waals surface area (Å²) in [4.78, 5) is 34.6. The molecule has 100 valence electrons. The lowest BCUT2D eigenvalue weighted by molar-refractivity contribution is -0.208. The average molecular weight is 274 g/mol. The number of amides is 2. The van der Waals surface area contributed by atoms with Gasteiger partial charge in [-0.15, -0.1) is 0 Å². The Morgan fingerprint density at radius 3 is 2.83 bits per heavy atom. The summed E-state index contributed by atoms with van der Waals surface area (Å²) in [6.45, 7) is 0.420. The van der Waals surface area contributed by atoms with E-state index in [9.17, 15) is 14.4 Å². The maximum absolute atomic E-state index is 12.1. The number of thiol groups is 1. The van der Waals surface area contributed by atoms with Crippen molar-refractivity contribution in [2.45, 2.75) is 25.5 Å². The zero-order chi connectivity index (χ0) is 13.3. The van der Waals surface area contributed by atoms with Crippen LogP contribution >= 0.6 is 12.6 Å². The number of fused-ring (bicyclic) bond motifs is 1. The monoisotopic (exact) mass is 274 g/mol. The summed E-state index contributed by atoms with van der Waals surface area (Å²) in [6.07, 6.45) is -1.22. The van der Waals surface area contributed by atoms with Gasteiger partial charge < -0.3 is 9.84 Å². The van der Waals surface area contributed by atoms with E-state index in [1.807, 2.05) is 0 Å². The second-order valence-corrected chi connectivity index (χ2v) is 4.63. The molecule has 18 heavy (non-hydrogen) atoms. The molecule has 2 heterocycles. The summed E-state index contributed by atoms with van der Waals surface area (Å²) in [5.74, 6) is -0.729. The predicted molar refractivity (Wildman–Crippen MR) is 62.7 cm³/mol. The van der Waals surface area contributed by atoms with Crippen molar-refractivity contribution in [2.75, 3.05) is 12.3 Å². The molecule has 0 aromatic heterocycles. The van der Waals surface area contributed by atoms with Crippen LogP contribution in [0.15, 0.2) is 0 Å². The summed E-state index contributed by atoms with van der Waals surface area (Å²) in [6, 6.07) is 0. The Morgan fingerprint density at radius 1 is 1.50 bits per heavy atom. The lowest BCUT2D eigenvalue weighted by Gasteiger charge is -2.46. The van der Waals surface area contributed by atoms with E-state index in [0.717, 1.165) is 5.01 Å². The van der Waals surface area contributed by atoms with Crippen molar-refractivity contribution in [3.8, 4) is 0 Å². The van der Waals surface area contributed by atoms with E-state index in [0.29, 0.717) is 19.4 Å². The molecule has 0 bridgehead atoms. The van der Waals surface area contributed by atoms with Crippen molar-refractivity contribution in [1.29, 1.82) is 0 Å². The van der Waals surface area contributed by atoms with Gasteiger partial charge in [0.05, 0.1) is 5.92 Å². The molecule has 0 radical (unpaired) electrons. The van der Waals surface area contributed by atoms with E-state index in [2.05, 4.69) is 17.4 Å². The first-order valence-electron chi connectivity index (χ1n) is 5.68. The van der Waals surface area contributed by atoms with Gasteiger partial charge in [0.1, 0.15) is 0 Å². The number of hydrogen-bond acceptors (Lipinski definition) is 5. The van der Waals surface area contributed by atoms with Crippen molar-refractivity contribution in [3.05, 3.63) is 0 Å². The van der Waals surface area contributed by atoms with Gasteiger partial charge in [0.25, 0.3) is 0 Å². The highest BCUT2D eigenvalue weighted by molar-refractivity contribution is 7.80. The van der Waals surface area contributed by atoms with Gasteiger partial charge in [-0.2, -0.15) is 12.6 Å². The lowest BCUT2D eigenvalue weighted by atomic mass is 10.0. The molecule has 2 fully saturated rings. The summed E-state index contributed by atoms with van der Waals surface area (Å²) >= 11 is 4.04. The Labute approximate surface area is 109 Å². The molecule has 1 N–H and O–H groups in total. The van der Waals surface area contributed by atoms with Crippen LogP contribution in [0.4, 0.5) is 4.79 Å². The highest BCUT2D eigenvalue weighted by Crippen LogP contribution is 2.28. The van der Waals surface area contributed by atoms with Gasteiger partial charge in [0, 0.05) is 25.1 Å². The highest BCUT2D eigenvalue weighted by Gasteiger charge is 2.45. The maximum atomic E-state index is 12.1. The van der Waals surface area contributed by atoms with Gasteiger partial charge in [-0.05, 0) is 6.42 Å². The summed E-state index contributed by atoms with van der Waals surface area (Å²) < 4.78 is 4.68. The van der Waals surface area contributed by atoms with Crippen LogP contribution in [0.3, 0.4) is 0 Å². The summed E-state index contributed by atoms with van der Waals surface area (Å²) in [5.41, 5.74) is 0. The van der Waals surface area contributed by atoms with E-state index in [1.54, 1.807) is 0 Å². The first kappa shape index (κ1) is 13.0. The molecule has 2 aliphatic rings.